The molecule has 0 fully saturated rings. The van der Waals surface area contributed by atoms with Gasteiger partial charge in [-0.05, 0) is 235 Å². The normalized spacial score (nSPS) is 17.6. The number of hydrogen-bond acceptors (Lipinski definition) is 2. The molecule has 0 aliphatic heterocycles. The largest absolute Gasteiger partial charge is 0.310 e. The number of hydrogen-bond donors (Lipinski definition) is 0. The summed E-state index contributed by atoms with van der Waals surface area (Å²) in [4.78, 5) is 5.17. The second kappa shape index (κ2) is 20.0. The summed E-state index contributed by atoms with van der Waals surface area (Å²) in [7, 11) is 0. The van der Waals surface area contributed by atoms with E-state index in [9.17, 15) is 0 Å². The predicted molar refractivity (Wildman–Crippen MR) is 414 cm³/mol. The van der Waals surface area contributed by atoms with Crippen molar-refractivity contribution in [3.8, 4) is 66.8 Å². The van der Waals surface area contributed by atoms with Crippen LogP contribution in [0.4, 0.5) is 34.1 Å². The lowest BCUT2D eigenvalue weighted by Crippen LogP contribution is -2.26. The summed E-state index contributed by atoms with van der Waals surface area (Å²) in [5.41, 5.74) is 41.1. The fourth-order valence-electron chi connectivity index (χ4n) is 21.0. The molecule has 2 heteroatoms. The van der Waals surface area contributed by atoms with Crippen LogP contribution < -0.4 is 9.80 Å². The van der Waals surface area contributed by atoms with E-state index in [1.165, 1.54) is 150 Å². The van der Waals surface area contributed by atoms with Gasteiger partial charge < -0.3 is 9.80 Å². The van der Waals surface area contributed by atoms with Crippen LogP contribution >= 0.6 is 0 Å². The first kappa shape index (κ1) is 57.7. The van der Waals surface area contributed by atoms with Crippen LogP contribution in [0.5, 0.6) is 0 Å². The molecule has 0 heterocycles. The zero-order chi connectivity index (χ0) is 67.0. The van der Waals surface area contributed by atoms with E-state index in [-0.39, 0.29) is 21.7 Å². The lowest BCUT2D eigenvalue weighted by molar-refractivity contribution is 0.425. The molecule has 2 spiro atoms. The lowest BCUT2D eigenvalue weighted by atomic mass is 9.70. The van der Waals surface area contributed by atoms with Crippen molar-refractivity contribution >= 4 is 34.1 Å². The van der Waals surface area contributed by atoms with Crippen LogP contribution in [0.3, 0.4) is 0 Å². The first-order valence-corrected chi connectivity index (χ1v) is 35.9. The average Bonchev–Trinajstić information content (AvgIpc) is 1.51. The second-order valence-corrected chi connectivity index (χ2v) is 31.4. The van der Waals surface area contributed by atoms with E-state index in [1.807, 2.05) is 0 Å². The van der Waals surface area contributed by atoms with Crippen molar-refractivity contribution in [3.05, 3.63) is 393 Å². The van der Waals surface area contributed by atoms with E-state index in [4.69, 9.17) is 0 Å². The zero-order valence-electron chi connectivity index (χ0n) is 57.5. The number of fused-ring (bicyclic) bond motifs is 27. The molecule has 0 bridgehead atoms. The maximum atomic E-state index is 2.59. The molecule has 100 heavy (non-hydrogen) atoms. The molecule has 0 N–H and O–H groups in total. The molecule has 7 aliphatic carbocycles. The highest BCUT2D eigenvalue weighted by atomic mass is 15.1. The summed E-state index contributed by atoms with van der Waals surface area (Å²) in [5.74, 6) is 0. The Bertz CT molecular complexity index is 5800. The van der Waals surface area contributed by atoms with Gasteiger partial charge in [-0.2, -0.15) is 0 Å². The molecule has 476 valence electrons. The van der Waals surface area contributed by atoms with Crippen molar-refractivity contribution in [3.63, 3.8) is 0 Å². The molecule has 7 aliphatic rings. The van der Waals surface area contributed by atoms with Gasteiger partial charge in [0.05, 0.1) is 10.8 Å². The van der Waals surface area contributed by atoms with Gasteiger partial charge in [0.15, 0.2) is 0 Å². The standard InChI is InChI=1S/C98H74N2/c1-93(2)59-96(7,60-25-24-26-61(53-60)99(62-43-48-75-67-27-8-16-35-79(67)94(3,4)88(75)54-62)64-45-50-77-73-33-14-22-41-85(73)97(90(77)56-64)81-37-18-10-29-69(81)70-30-11-19-38-82(70)97)87-52-47-66(58-92(87)93)100(63-44-49-76-68-28-9-17-36-80(68)95(5,6)89(76)55-63)65-46-51-78-74-34-15-23-42-86(74)98(91(78)57-65)83-39-20-12-31-71(83)72-32-13-21-40-84(72)98/h8-58H,59H2,1-7H3. The van der Waals surface area contributed by atoms with E-state index < -0.39 is 10.8 Å². The first-order chi connectivity index (χ1) is 48.7. The van der Waals surface area contributed by atoms with E-state index in [2.05, 4.69) is 368 Å². The minimum absolute atomic E-state index is 0.188. The van der Waals surface area contributed by atoms with Crippen molar-refractivity contribution in [1.29, 1.82) is 0 Å². The van der Waals surface area contributed by atoms with Crippen LogP contribution in [0.25, 0.3) is 66.8 Å². The number of rotatable bonds is 7. The number of benzene rings is 14. The van der Waals surface area contributed by atoms with Gasteiger partial charge in [-0.15, -0.1) is 0 Å². The van der Waals surface area contributed by atoms with Crippen molar-refractivity contribution < 1.29 is 0 Å². The van der Waals surface area contributed by atoms with Gasteiger partial charge in [0.2, 0.25) is 0 Å². The Balaban J connectivity index is 0.736. The molecule has 1 atom stereocenters. The highest BCUT2D eigenvalue weighted by Crippen LogP contribution is 2.67. The molecule has 0 radical (unpaired) electrons. The topological polar surface area (TPSA) is 6.48 Å². The van der Waals surface area contributed by atoms with E-state index >= 15 is 0 Å². The van der Waals surface area contributed by atoms with E-state index in [0.717, 1.165) is 40.5 Å². The molecular formula is C98H74N2. The first-order valence-electron chi connectivity index (χ1n) is 35.9. The summed E-state index contributed by atoms with van der Waals surface area (Å²) in [6, 6.07) is 120. The Kier molecular flexibility index (Phi) is 11.5. The summed E-state index contributed by atoms with van der Waals surface area (Å²) in [6.07, 6.45) is 0.940. The van der Waals surface area contributed by atoms with Crippen molar-refractivity contribution in [2.24, 2.45) is 0 Å². The third kappa shape index (κ3) is 7.28. The summed E-state index contributed by atoms with van der Waals surface area (Å²) in [5, 5.41) is 0. The molecule has 1 unspecified atom stereocenters. The molecule has 14 aromatic rings. The third-order valence-corrected chi connectivity index (χ3v) is 25.3. The second-order valence-electron chi connectivity index (χ2n) is 31.4. The molecular weight excluding hydrogens is 1210 g/mol. The van der Waals surface area contributed by atoms with Gasteiger partial charge in [0.25, 0.3) is 0 Å². The van der Waals surface area contributed by atoms with E-state index in [1.54, 1.807) is 0 Å². The van der Waals surface area contributed by atoms with Crippen LogP contribution in [-0.2, 0) is 32.5 Å². The number of anilines is 6. The Labute approximate surface area is 587 Å². The molecule has 14 aromatic carbocycles. The summed E-state index contributed by atoms with van der Waals surface area (Å²) < 4.78 is 0. The molecule has 21 rings (SSSR count). The summed E-state index contributed by atoms with van der Waals surface area (Å²) >= 11 is 0. The zero-order valence-corrected chi connectivity index (χ0v) is 57.5. The average molecular weight is 1280 g/mol. The predicted octanol–water partition coefficient (Wildman–Crippen LogP) is 24.9. The highest BCUT2D eigenvalue weighted by molar-refractivity contribution is 5.99. The van der Waals surface area contributed by atoms with Crippen molar-refractivity contribution in [2.75, 3.05) is 9.80 Å². The Morgan fingerprint density at radius 3 is 0.810 bits per heavy atom. The van der Waals surface area contributed by atoms with Crippen molar-refractivity contribution in [2.45, 2.75) is 87.4 Å². The minimum atomic E-state index is -0.489. The van der Waals surface area contributed by atoms with Gasteiger partial charge in [-0.25, -0.2) is 0 Å². The Hall–Kier alpha value is -11.3. The van der Waals surface area contributed by atoms with Crippen molar-refractivity contribution in [1.82, 2.24) is 0 Å². The van der Waals surface area contributed by atoms with Crippen LogP contribution in [0, 0.1) is 0 Å². The van der Waals surface area contributed by atoms with Crippen LogP contribution in [0.2, 0.25) is 0 Å². The van der Waals surface area contributed by atoms with Gasteiger partial charge >= 0.3 is 0 Å². The van der Waals surface area contributed by atoms with Gasteiger partial charge in [0.1, 0.15) is 0 Å². The fourth-order valence-corrected chi connectivity index (χ4v) is 21.0. The molecule has 2 nitrogen and oxygen atoms in total. The Morgan fingerprint density at radius 2 is 0.460 bits per heavy atom. The maximum absolute atomic E-state index is 2.59. The summed E-state index contributed by atoms with van der Waals surface area (Å²) in [6.45, 7) is 17.1. The smallest absolute Gasteiger partial charge is 0.0726 e. The van der Waals surface area contributed by atoms with Crippen LogP contribution in [0.1, 0.15) is 138 Å². The van der Waals surface area contributed by atoms with Gasteiger partial charge in [-0.1, -0.05) is 285 Å². The van der Waals surface area contributed by atoms with E-state index in [0.29, 0.717) is 0 Å². The number of nitrogens with zero attached hydrogens (tertiary/aromatic N) is 2. The molecule has 0 amide bonds. The third-order valence-electron chi connectivity index (χ3n) is 25.3. The van der Waals surface area contributed by atoms with Crippen LogP contribution in [0.15, 0.2) is 309 Å². The molecule has 0 saturated carbocycles. The molecule has 0 saturated heterocycles. The minimum Gasteiger partial charge on any atom is -0.310 e. The van der Waals surface area contributed by atoms with Gasteiger partial charge in [-0.3, -0.25) is 0 Å². The maximum Gasteiger partial charge on any atom is 0.0726 e. The molecule has 0 aromatic heterocycles. The van der Waals surface area contributed by atoms with Gasteiger partial charge in [0, 0.05) is 50.4 Å². The lowest BCUT2D eigenvalue weighted by Gasteiger charge is -2.34. The Morgan fingerprint density at radius 1 is 0.200 bits per heavy atom. The monoisotopic (exact) mass is 1280 g/mol. The quantitative estimate of drug-likeness (QED) is 0.157. The van der Waals surface area contributed by atoms with Crippen LogP contribution in [-0.4, -0.2) is 0 Å². The SMILES string of the molecule is CC1(C)CC(C)(c2cccc(N(c3ccc4c(c3)C(C)(C)c3ccccc3-4)c3ccc4c(c3)C3(c5ccccc5-c5ccccc53)c3ccccc3-4)c2)c2ccc(N(c3ccc4c(c3)C(C)(C)c3ccccc3-4)c3ccc4c(c3)C3(c5ccccc5-c5ccccc53)c3ccccc3-4)cc21. The highest BCUT2D eigenvalue weighted by Gasteiger charge is 2.54. The fraction of sp³-hybridized carbons (Fsp3) is 0.143.